The highest BCUT2D eigenvalue weighted by Gasteiger charge is 2.61. The summed E-state index contributed by atoms with van der Waals surface area (Å²) in [4.78, 5) is 12.3. The van der Waals surface area contributed by atoms with Gasteiger partial charge in [-0.3, -0.25) is 4.79 Å². The molecule has 4 nitrogen and oxygen atoms in total. The summed E-state index contributed by atoms with van der Waals surface area (Å²) < 4.78 is 41.3. The standard InChI is InChI=1S/C21H21F3O4/c1-19-6-4-13-12-3-2-11(26)8-14(12)17(21(22,23)24)9-15(13)16(19)5-7-20(19,28)18(27)10-25/h2-3,8-9,16,25-26,28H,4-7,10H2,1H3/t16-,19-,20-/m0/s1. The minimum atomic E-state index is -4.61. The third-order valence-corrected chi connectivity index (χ3v) is 6.96. The predicted molar refractivity (Wildman–Crippen MR) is 96.1 cm³/mol. The van der Waals surface area contributed by atoms with Crippen molar-refractivity contribution in [1.29, 1.82) is 0 Å². The number of ketones is 1. The summed E-state index contributed by atoms with van der Waals surface area (Å²) in [5.41, 5.74) is -2.24. The van der Waals surface area contributed by atoms with E-state index in [4.69, 9.17) is 0 Å². The highest BCUT2D eigenvalue weighted by Crippen LogP contribution is 2.62. The first-order valence-corrected chi connectivity index (χ1v) is 9.25. The first kappa shape index (κ1) is 19.2. The molecular formula is C21H21F3O4. The van der Waals surface area contributed by atoms with Crippen molar-refractivity contribution in [2.24, 2.45) is 5.41 Å². The van der Waals surface area contributed by atoms with E-state index in [0.717, 1.165) is 17.7 Å². The predicted octanol–water partition coefficient (Wildman–Crippen LogP) is 3.69. The monoisotopic (exact) mass is 394 g/mol. The molecule has 0 spiro atoms. The molecule has 0 amide bonds. The number of aryl methyl sites for hydroxylation is 1. The molecule has 0 unspecified atom stereocenters. The van der Waals surface area contributed by atoms with E-state index in [-0.39, 0.29) is 17.6 Å². The van der Waals surface area contributed by atoms with E-state index in [2.05, 4.69) is 0 Å². The molecule has 3 atom stereocenters. The number of Topliss-reactive ketones (excluding diaryl/α,β-unsaturated/α-hetero) is 1. The fourth-order valence-electron chi connectivity index (χ4n) is 5.42. The summed E-state index contributed by atoms with van der Waals surface area (Å²) >= 11 is 0. The van der Waals surface area contributed by atoms with Gasteiger partial charge in [-0.15, -0.1) is 0 Å². The Labute approximate surface area is 159 Å². The molecule has 7 heteroatoms. The Morgan fingerprint density at radius 2 is 1.93 bits per heavy atom. The fourth-order valence-corrected chi connectivity index (χ4v) is 5.42. The lowest BCUT2D eigenvalue weighted by molar-refractivity contribution is -0.153. The van der Waals surface area contributed by atoms with Crippen molar-refractivity contribution in [2.45, 2.75) is 50.3 Å². The highest BCUT2D eigenvalue weighted by atomic mass is 19.4. The molecule has 4 rings (SSSR count). The third-order valence-electron chi connectivity index (χ3n) is 6.96. The third kappa shape index (κ3) is 2.42. The molecule has 150 valence electrons. The highest BCUT2D eigenvalue weighted by molar-refractivity contribution is 5.93. The van der Waals surface area contributed by atoms with Crippen LogP contribution in [0.3, 0.4) is 0 Å². The van der Waals surface area contributed by atoms with Gasteiger partial charge in [0.1, 0.15) is 18.0 Å². The molecule has 0 bridgehead atoms. The number of benzene rings is 2. The van der Waals surface area contributed by atoms with Crippen LogP contribution in [-0.2, 0) is 17.4 Å². The van der Waals surface area contributed by atoms with Gasteiger partial charge in [0.05, 0.1) is 5.56 Å². The number of carbonyl (C=O) groups excluding carboxylic acids is 1. The average molecular weight is 394 g/mol. The maximum absolute atomic E-state index is 13.8. The van der Waals surface area contributed by atoms with Crippen LogP contribution in [-0.4, -0.2) is 33.3 Å². The van der Waals surface area contributed by atoms with E-state index in [0.29, 0.717) is 30.2 Å². The molecule has 0 saturated heterocycles. The average Bonchev–Trinajstić information content (AvgIpc) is 2.91. The molecule has 1 fully saturated rings. The van der Waals surface area contributed by atoms with E-state index in [1.165, 1.54) is 12.1 Å². The number of fused-ring (bicyclic) bond motifs is 5. The second kappa shape index (κ2) is 5.94. The number of halogens is 3. The van der Waals surface area contributed by atoms with Crippen molar-refractivity contribution < 1.29 is 33.3 Å². The van der Waals surface area contributed by atoms with Crippen LogP contribution >= 0.6 is 0 Å². The Bertz CT molecular complexity index is 984. The molecule has 28 heavy (non-hydrogen) atoms. The Kier molecular flexibility index (Phi) is 4.07. The summed E-state index contributed by atoms with van der Waals surface area (Å²) in [5, 5.41) is 30.5. The molecule has 0 aliphatic heterocycles. The lowest BCUT2D eigenvalue weighted by Gasteiger charge is -2.46. The van der Waals surface area contributed by atoms with Gasteiger partial charge in [-0.1, -0.05) is 13.0 Å². The van der Waals surface area contributed by atoms with Crippen LogP contribution in [0.4, 0.5) is 13.2 Å². The number of aromatic hydroxyl groups is 1. The number of hydrogen-bond acceptors (Lipinski definition) is 4. The molecule has 2 aromatic rings. The van der Waals surface area contributed by atoms with Crippen molar-refractivity contribution in [2.75, 3.05) is 6.61 Å². The quantitative estimate of drug-likeness (QED) is 0.726. The number of aliphatic hydroxyl groups excluding tert-OH is 1. The normalized spacial score (nSPS) is 29.6. The number of phenolic OH excluding ortho intramolecular Hbond substituents is 1. The molecule has 2 aliphatic rings. The molecular weight excluding hydrogens is 373 g/mol. The Morgan fingerprint density at radius 3 is 2.57 bits per heavy atom. The van der Waals surface area contributed by atoms with E-state index >= 15 is 0 Å². The van der Waals surface area contributed by atoms with E-state index in [1.54, 1.807) is 6.92 Å². The van der Waals surface area contributed by atoms with Crippen LogP contribution < -0.4 is 0 Å². The van der Waals surface area contributed by atoms with Gasteiger partial charge >= 0.3 is 6.18 Å². The zero-order valence-corrected chi connectivity index (χ0v) is 15.3. The van der Waals surface area contributed by atoms with Crippen LogP contribution in [0.15, 0.2) is 24.3 Å². The van der Waals surface area contributed by atoms with Gasteiger partial charge in [-0.25, -0.2) is 0 Å². The van der Waals surface area contributed by atoms with Crippen LogP contribution in [0.1, 0.15) is 48.8 Å². The summed E-state index contributed by atoms with van der Waals surface area (Å²) in [7, 11) is 0. The number of phenols is 1. The van der Waals surface area contributed by atoms with Gasteiger partial charge < -0.3 is 15.3 Å². The SMILES string of the molecule is C[C@]12CCc3c(cc(C(F)(F)F)c4cc(O)ccc34)[C@@H]1CC[C@]2(O)C(=O)CO. The van der Waals surface area contributed by atoms with Gasteiger partial charge in [0.2, 0.25) is 0 Å². The zero-order valence-electron chi connectivity index (χ0n) is 15.3. The zero-order chi connectivity index (χ0) is 20.5. The number of hydrogen-bond donors (Lipinski definition) is 3. The lowest BCUT2D eigenvalue weighted by atomic mass is 9.60. The van der Waals surface area contributed by atoms with Crippen LogP contribution in [0.25, 0.3) is 10.8 Å². The second-order valence-corrected chi connectivity index (χ2v) is 8.17. The maximum Gasteiger partial charge on any atom is 0.417 e. The first-order valence-electron chi connectivity index (χ1n) is 9.25. The number of alkyl halides is 3. The van der Waals surface area contributed by atoms with Gasteiger partial charge in [0.15, 0.2) is 5.78 Å². The van der Waals surface area contributed by atoms with Crippen molar-refractivity contribution in [3.05, 3.63) is 41.0 Å². The minimum Gasteiger partial charge on any atom is -0.508 e. The molecule has 2 aliphatic carbocycles. The Hall–Kier alpha value is -2.12. The van der Waals surface area contributed by atoms with Gasteiger partial charge in [-0.05, 0) is 71.7 Å². The van der Waals surface area contributed by atoms with Gasteiger partial charge in [-0.2, -0.15) is 13.2 Å². The van der Waals surface area contributed by atoms with Crippen molar-refractivity contribution in [1.82, 2.24) is 0 Å². The van der Waals surface area contributed by atoms with Crippen LogP contribution in [0.2, 0.25) is 0 Å². The van der Waals surface area contributed by atoms with Crippen LogP contribution in [0, 0.1) is 5.41 Å². The summed E-state index contributed by atoms with van der Waals surface area (Å²) in [6, 6.07) is 5.12. The number of carbonyl (C=O) groups is 1. The van der Waals surface area contributed by atoms with Crippen molar-refractivity contribution in [3.63, 3.8) is 0 Å². The smallest absolute Gasteiger partial charge is 0.417 e. The molecule has 0 aromatic heterocycles. The van der Waals surface area contributed by atoms with E-state index in [1.807, 2.05) is 0 Å². The molecule has 2 aromatic carbocycles. The van der Waals surface area contributed by atoms with Crippen molar-refractivity contribution >= 4 is 16.6 Å². The van der Waals surface area contributed by atoms with E-state index in [9.17, 15) is 33.3 Å². The van der Waals surface area contributed by atoms with Gasteiger partial charge in [0, 0.05) is 5.41 Å². The second-order valence-electron chi connectivity index (χ2n) is 8.17. The Morgan fingerprint density at radius 1 is 1.21 bits per heavy atom. The summed E-state index contributed by atoms with van der Waals surface area (Å²) in [6.07, 6.45) is -3.30. The number of aliphatic hydroxyl groups is 2. The summed E-state index contributed by atoms with van der Waals surface area (Å²) in [5.74, 6) is -1.33. The minimum absolute atomic E-state index is 0.0467. The largest absolute Gasteiger partial charge is 0.508 e. The van der Waals surface area contributed by atoms with Gasteiger partial charge in [0.25, 0.3) is 0 Å². The number of rotatable bonds is 2. The topological polar surface area (TPSA) is 77.8 Å². The molecule has 1 saturated carbocycles. The van der Waals surface area contributed by atoms with Crippen molar-refractivity contribution in [3.8, 4) is 5.75 Å². The lowest BCUT2D eigenvalue weighted by Crippen LogP contribution is -2.53. The first-order chi connectivity index (χ1) is 13.0. The molecule has 0 radical (unpaired) electrons. The molecule has 0 heterocycles. The van der Waals surface area contributed by atoms with E-state index < -0.39 is 41.1 Å². The molecule has 3 N–H and O–H groups in total. The fraction of sp³-hybridized carbons (Fsp3) is 0.476. The summed E-state index contributed by atoms with van der Waals surface area (Å²) in [6.45, 7) is 0.936. The van der Waals surface area contributed by atoms with Crippen LogP contribution in [0.5, 0.6) is 5.75 Å². The maximum atomic E-state index is 13.8. The Balaban J connectivity index is 1.97.